The van der Waals surface area contributed by atoms with Crippen molar-refractivity contribution in [2.24, 2.45) is 23.7 Å². The fraction of sp³-hybridized carbons (Fsp3) is 0.905. The lowest BCUT2D eigenvalue weighted by Gasteiger charge is -2.28. The molecule has 0 spiro atoms. The second-order valence-corrected chi connectivity index (χ2v) is 8.74. The summed E-state index contributed by atoms with van der Waals surface area (Å²) in [5.74, 6) is 1.98. The SMILES string of the molecule is CC(C)CNC(=O)C1CCN(C)CC1.CC(C)CNC(=O)C1CCOCC1. The number of rotatable bonds is 6. The van der Waals surface area contributed by atoms with Crippen molar-refractivity contribution in [2.75, 3.05) is 46.4 Å². The summed E-state index contributed by atoms with van der Waals surface area (Å²) in [4.78, 5) is 25.5. The van der Waals surface area contributed by atoms with Crippen LogP contribution in [0.15, 0.2) is 0 Å². The molecule has 0 aromatic carbocycles. The topological polar surface area (TPSA) is 70.7 Å². The molecule has 158 valence electrons. The van der Waals surface area contributed by atoms with Crippen LogP contribution < -0.4 is 10.6 Å². The standard InChI is InChI=1S/C11H22N2O.C10H19NO2/c1-9(2)8-12-11(14)10-4-6-13(3)7-5-10;1-8(2)7-11-10(12)9-3-5-13-6-4-9/h9-10H,4-8H2,1-3H3,(H,12,14);8-9H,3-7H2,1-2H3,(H,11,12). The molecular formula is C21H41N3O3. The Labute approximate surface area is 165 Å². The Morgan fingerprint density at radius 3 is 1.67 bits per heavy atom. The van der Waals surface area contributed by atoms with Gasteiger partial charge in [0.2, 0.25) is 11.8 Å². The van der Waals surface area contributed by atoms with Gasteiger partial charge in [0.25, 0.3) is 0 Å². The summed E-state index contributed by atoms with van der Waals surface area (Å²) in [6, 6.07) is 0. The predicted molar refractivity (Wildman–Crippen MR) is 109 cm³/mol. The molecule has 0 aliphatic carbocycles. The van der Waals surface area contributed by atoms with Gasteiger partial charge in [-0.25, -0.2) is 0 Å². The summed E-state index contributed by atoms with van der Waals surface area (Å²) < 4.78 is 5.20. The first-order valence-corrected chi connectivity index (χ1v) is 10.6. The van der Waals surface area contributed by atoms with E-state index in [0.717, 1.165) is 65.1 Å². The Hall–Kier alpha value is -1.14. The molecule has 0 atom stereocenters. The molecule has 2 fully saturated rings. The van der Waals surface area contributed by atoms with E-state index < -0.39 is 0 Å². The van der Waals surface area contributed by atoms with E-state index in [1.54, 1.807) is 0 Å². The predicted octanol–water partition coefficient (Wildman–Crippen LogP) is 2.29. The zero-order chi connectivity index (χ0) is 20.2. The van der Waals surface area contributed by atoms with Crippen molar-refractivity contribution < 1.29 is 14.3 Å². The van der Waals surface area contributed by atoms with Crippen LogP contribution in [0, 0.1) is 23.7 Å². The molecular weight excluding hydrogens is 342 g/mol. The zero-order valence-electron chi connectivity index (χ0n) is 18.1. The highest BCUT2D eigenvalue weighted by Gasteiger charge is 2.23. The normalized spacial score (nSPS) is 19.5. The van der Waals surface area contributed by atoms with E-state index in [4.69, 9.17) is 4.74 Å². The molecule has 6 heteroatoms. The van der Waals surface area contributed by atoms with Gasteiger partial charge in [0, 0.05) is 38.1 Å². The Kier molecular flexibility index (Phi) is 11.6. The molecule has 27 heavy (non-hydrogen) atoms. The van der Waals surface area contributed by atoms with Crippen LogP contribution in [0.1, 0.15) is 53.4 Å². The number of carbonyl (C=O) groups is 2. The van der Waals surface area contributed by atoms with Crippen LogP contribution in [0.2, 0.25) is 0 Å². The van der Waals surface area contributed by atoms with Crippen molar-refractivity contribution in [3.8, 4) is 0 Å². The molecule has 6 nitrogen and oxygen atoms in total. The summed E-state index contributed by atoms with van der Waals surface area (Å²) in [7, 11) is 2.11. The van der Waals surface area contributed by atoms with Crippen LogP contribution >= 0.6 is 0 Å². The minimum atomic E-state index is 0.187. The third-order valence-corrected chi connectivity index (χ3v) is 5.05. The molecule has 0 saturated carbocycles. The monoisotopic (exact) mass is 383 g/mol. The Bertz CT molecular complexity index is 426. The minimum absolute atomic E-state index is 0.187. The maximum Gasteiger partial charge on any atom is 0.223 e. The maximum absolute atomic E-state index is 11.7. The van der Waals surface area contributed by atoms with Crippen LogP contribution in [-0.2, 0) is 14.3 Å². The third kappa shape index (κ3) is 10.7. The Morgan fingerprint density at radius 1 is 0.852 bits per heavy atom. The van der Waals surface area contributed by atoms with Gasteiger partial charge in [-0.05, 0) is 57.7 Å². The maximum atomic E-state index is 11.7. The van der Waals surface area contributed by atoms with E-state index in [9.17, 15) is 9.59 Å². The first-order valence-electron chi connectivity index (χ1n) is 10.6. The molecule has 0 aromatic rings. The van der Waals surface area contributed by atoms with E-state index in [0.29, 0.717) is 11.8 Å². The summed E-state index contributed by atoms with van der Waals surface area (Å²) in [6.45, 7) is 13.6. The van der Waals surface area contributed by atoms with Gasteiger partial charge in [-0.15, -0.1) is 0 Å². The number of amides is 2. The van der Waals surface area contributed by atoms with Crippen molar-refractivity contribution in [1.29, 1.82) is 0 Å². The van der Waals surface area contributed by atoms with Gasteiger partial charge in [0.05, 0.1) is 0 Å². The number of piperidine rings is 1. The summed E-state index contributed by atoms with van der Waals surface area (Å²) >= 11 is 0. The highest BCUT2D eigenvalue weighted by Crippen LogP contribution is 2.16. The molecule has 2 saturated heterocycles. The highest BCUT2D eigenvalue weighted by molar-refractivity contribution is 5.79. The van der Waals surface area contributed by atoms with E-state index in [2.05, 4.69) is 50.3 Å². The number of hydrogen-bond acceptors (Lipinski definition) is 4. The van der Waals surface area contributed by atoms with Crippen LogP contribution in [0.4, 0.5) is 0 Å². The Balaban J connectivity index is 0.000000271. The van der Waals surface area contributed by atoms with E-state index in [1.807, 2.05) is 0 Å². The number of nitrogens with zero attached hydrogens (tertiary/aromatic N) is 1. The molecule has 0 aromatic heterocycles. The molecule has 2 aliphatic rings. The highest BCUT2D eigenvalue weighted by atomic mass is 16.5. The van der Waals surface area contributed by atoms with Gasteiger partial charge < -0.3 is 20.3 Å². The number of likely N-dealkylation sites (tertiary alicyclic amines) is 1. The molecule has 0 bridgehead atoms. The van der Waals surface area contributed by atoms with Crippen LogP contribution in [0.25, 0.3) is 0 Å². The van der Waals surface area contributed by atoms with E-state index in [-0.39, 0.29) is 23.7 Å². The molecule has 2 amide bonds. The van der Waals surface area contributed by atoms with Gasteiger partial charge in [-0.2, -0.15) is 0 Å². The second-order valence-electron chi connectivity index (χ2n) is 8.74. The smallest absolute Gasteiger partial charge is 0.223 e. The third-order valence-electron chi connectivity index (χ3n) is 5.05. The fourth-order valence-electron chi connectivity index (χ4n) is 3.13. The average molecular weight is 384 g/mol. The molecule has 2 rings (SSSR count). The van der Waals surface area contributed by atoms with Crippen LogP contribution in [0.3, 0.4) is 0 Å². The van der Waals surface area contributed by atoms with Crippen molar-refractivity contribution in [1.82, 2.24) is 15.5 Å². The fourth-order valence-corrected chi connectivity index (χ4v) is 3.13. The van der Waals surface area contributed by atoms with Crippen molar-refractivity contribution in [3.63, 3.8) is 0 Å². The van der Waals surface area contributed by atoms with Gasteiger partial charge in [0.1, 0.15) is 0 Å². The van der Waals surface area contributed by atoms with Crippen molar-refractivity contribution in [3.05, 3.63) is 0 Å². The van der Waals surface area contributed by atoms with E-state index in [1.165, 1.54) is 0 Å². The molecule has 0 unspecified atom stereocenters. The summed E-state index contributed by atoms with van der Waals surface area (Å²) in [5, 5.41) is 5.97. The van der Waals surface area contributed by atoms with Crippen LogP contribution in [0.5, 0.6) is 0 Å². The van der Waals surface area contributed by atoms with Gasteiger partial charge in [0.15, 0.2) is 0 Å². The zero-order valence-corrected chi connectivity index (χ0v) is 18.1. The number of nitrogens with one attached hydrogen (secondary N) is 2. The molecule has 2 N–H and O–H groups in total. The first kappa shape index (κ1) is 23.9. The number of ether oxygens (including phenoxy) is 1. The molecule has 2 heterocycles. The summed E-state index contributed by atoms with van der Waals surface area (Å²) in [6.07, 6.45) is 3.79. The van der Waals surface area contributed by atoms with Crippen LogP contribution in [-0.4, -0.2) is 63.2 Å². The quantitative estimate of drug-likeness (QED) is 0.738. The summed E-state index contributed by atoms with van der Waals surface area (Å²) in [5.41, 5.74) is 0. The molecule has 2 aliphatic heterocycles. The lowest BCUT2D eigenvalue weighted by atomic mass is 9.96. The first-order chi connectivity index (χ1) is 12.8. The van der Waals surface area contributed by atoms with Crippen molar-refractivity contribution in [2.45, 2.75) is 53.4 Å². The number of carbonyl (C=O) groups excluding carboxylic acids is 2. The Morgan fingerprint density at radius 2 is 1.26 bits per heavy atom. The van der Waals surface area contributed by atoms with Crippen molar-refractivity contribution >= 4 is 11.8 Å². The van der Waals surface area contributed by atoms with Gasteiger partial charge in [-0.1, -0.05) is 27.7 Å². The number of hydrogen-bond donors (Lipinski definition) is 2. The second kappa shape index (κ2) is 13.1. The lowest BCUT2D eigenvalue weighted by molar-refractivity contribution is -0.128. The van der Waals surface area contributed by atoms with Gasteiger partial charge in [-0.3, -0.25) is 9.59 Å². The van der Waals surface area contributed by atoms with Gasteiger partial charge >= 0.3 is 0 Å². The largest absolute Gasteiger partial charge is 0.381 e. The average Bonchev–Trinajstić information content (AvgIpc) is 2.66. The van der Waals surface area contributed by atoms with E-state index >= 15 is 0 Å². The molecule has 0 radical (unpaired) electrons. The minimum Gasteiger partial charge on any atom is -0.381 e. The lowest BCUT2D eigenvalue weighted by Crippen LogP contribution is -2.39.